The zero-order valence-corrected chi connectivity index (χ0v) is 5.10. The average Bonchev–Trinajstić information content (AvgIpc) is 2.14. The Morgan fingerprint density at radius 2 is 2.62 bits per heavy atom. The van der Waals surface area contributed by atoms with Crippen LogP contribution in [-0.4, -0.2) is 31.2 Å². The average molecular weight is 116 g/mol. The molecule has 8 heavy (non-hydrogen) atoms. The molecule has 1 unspecified atom stereocenters. The van der Waals surface area contributed by atoms with Crippen LogP contribution in [0.4, 0.5) is 4.39 Å². The lowest BCUT2D eigenvalue weighted by Gasteiger charge is -2.14. The van der Waals surface area contributed by atoms with Crippen molar-refractivity contribution in [2.24, 2.45) is 0 Å². The molecule has 1 aliphatic rings. The third-order valence-corrected chi connectivity index (χ3v) is 1.66. The second-order valence-corrected chi connectivity index (χ2v) is 2.27. The Hall–Kier alpha value is -0.110. The van der Waals surface area contributed by atoms with Gasteiger partial charge in [0.05, 0.1) is 0 Å². The number of likely N-dealkylation sites (tertiary alicyclic amines) is 1. The Morgan fingerprint density at radius 1 is 1.88 bits per heavy atom. The van der Waals surface area contributed by atoms with Crippen molar-refractivity contribution in [3.63, 3.8) is 0 Å². The van der Waals surface area contributed by atoms with Crippen LogP contribution in [0.15, 0.2) is 0 Å². The van der Waals surface area contributed by atoms with Crippen molar-refractivity contribution in [1.29, 1.82) is 0 Å². The molecule has 47 valence electrons. The fourth-order valence-electron chi connectivity index (χ4n) is 0.980. The Morgan fingerprint density at radius 3 is 2.88 bits per heavy atom. The fraction of sp³-hybridized carbons (Fsp3) is 0.833. The molecule has 0 spiro atoms. The first-order chi connectivity index (χ1) is 3.84. The highest BCUT2D eigenvalue weighted by molar-refractivity contribution is 4.87. The summed E-state index contributed by atoms with van der Waals surface area (Å²) in [7, 11) is 1.95. The van der Waals surface area contributed by atoms with E-state index in [1.165, 1.54) is 0 Å². The summed E-state index contributed by atoms with van der Waals surface area (Å²) >= 11 is 0. The van der Waals surface area contributed by atoms with Gasteiger partial charge in [-0.3, -0.25) is 0 Å². The molecule has 0 aliphatic carbocycles. The van der Waals surface area contributed by atoms with Gasteiger partial charge in [-0.05, 0) is 19.9 Å². The van der Waals surface area contributed by atoms with E-state index in [9.17, 15) is 4.39 Å². The highest BCUT2D eigenvalue weighted by atomic mass is 19.1. The van der Waals surface area contributed by atoms with Gasteiger partial charge in [0.25, 0.3) is 0 Å². The standard InChI is InChI=1S/C6H11FN/c1-8-4-2-3-6(8)5-7/h2,6H,3-5H2,1H3. The van der Waals surface area contributed by atoms with E-state index in [0.29, 0.717) is 0 Å². The first-order valence-corrected chi connectivity index (χ1v) is 2.92. The zero-order valence-electron chi connectivity index (χ0n) is 5.10. The fourth-order valence-corrected chi connectivity index (χ4v) is 0.980. The summed E-state index contributed by atoms with van der Waals surface area (Å²) in [5.74, 6) is 0. The van der Waals surface area contributed by atoms with Crippen molar-refractivity contribution in [3.05, 3.63) is 6.42 Å². The van der Waals surface area contributed by atoms with E-state index in [0.717, 1.165) is 13.0 Å². The lowest BCUT2D eigenvalue weighted by molar-refractivity contribution is 0.256. The largest absolute Gasteiger partial charge is 0.301 e. The predicted molar refractivity (Wildman–Crippen MR) is 31.3 cm³/mol. The van der Waals surface area contributed by atoms with Crippen molar-refractivity contribution in [2.75, 3.05) is 20.3 Å². The maximum atomic E-state index is 11.9. The number of nitrogens with zero attached hydrogens (tertiary/aromatic N) is 1. The number of alkyl halides is 1. The van der Waals surface area contributed by atoms with Crippen LogP contribution in [0, 0.1) is 6.42 Å². The lowest BCUT2D eigenvalue weighted by Crippen LogP contribution is -2.26. The number of halogens is 1. The van der Waals surface area contributed by atoms with Crippen LogP contribution in [0.25, 0.3) is 0 Å². The smallest absolute Gasteiger partial charge is 0.105 e. The molecule has 1 saturated heterocycles. The first-order valence-electron chi connectivity index (χ1n) is 2.92. The van der Waals surface area contributed by atoms with E-state index in [1.54, 1.807) is 0 Å². The molecule has 1 aliphatic heterocycles. The minimum absolute atomic E-state index is 0.176. The van der Waals surface area contributed by atoms with Gasteiger partial charge in [-0.1, -0.05) is 0 Å². The highest BCUT2D eigenvalue weighted by Crippen LogP contribution is 2.13. The van der Waals surface area contributed by atoms with Crippen LogP contribution in [0.3, 0.4) is 0 Å². The molecule has 1 atom stereocenters. The van der Waals surface area contributed by atoms with Crippen LogP contribution >= 0.6 is 0 Å². The van der Waals surface area contributed by atoms with Crippen molar-refractivity contribution in [2.45, 2.75) is 12.5 Å². The molecule has 2 heteroatoms. The predicted octanol–water partition coefficient (Wildman–Crippen LogP) is 0.864. The van der Waals surface area contributed by atoms with Crippen molar-refractivity contribution in [1.82, 2.24) is 4.90 Å². The molecule has 1 fully saturated rings. The Balaban J connectivity index is 2.30. The van der Waals surface area contributed by atoms with Crippen LogP contribution in [-0.2, 0) is 0 Å². The summed E-state index contributed by atoms with van der Waals surface area (Å²) in [6.07, 6.45) is 3.04. The van der Waals surface area contributed by atoms with Gasteiger partial charge >= 0.3 is 0 Å². The molecule has 1 heterocycles. The van der Waals surface area contributed by atoms with Gasteiger partial charge in [0.2, 0.25) is 0 Å². The van der Waals surface area contributed by atoms with Crippen LogP contribution in [0.1, 0.15) is 6.42 Å². The van der Waals surface area contributed by atoms with Gasteiger partial charge < -0.3 is 4.90 Å². The van der Waals surface area contributed by atoms with Gasteiger partial charge in [0, 0.05) is 12.6 Å². The summed E-state index contributed by atoms with van der Waals surface area (Å²) in [6, 6.07) is 0.176. The van der Waals surface area contributed by atoms with Crippen LogP contribution < -0.4 is 0 Å². The molecule has 1 radical (unpaired) electrons. The van der Waals surface area contributed by atoms with Gasteiger partial charge in [-0.2, -0.15) is 0 Å². The monoisotopic (exact) mass is 116 g/mol. The maximum absolute atomic E-state index is 11.9. The van der Waals surface area contributed by atoms with E-state index >= 15 is 0 Å². The van der Waals surface area contributed by atoms with Crippen LogP contribution in [0.2, 0.25) is 0 Å². The van der Waals surface area contributed by atoms with E-state index in [-0.39, 0.29) is 12.7 Å². The van der Waals surface area contributed by atoms with Gasteiger partial charge in [-0.25, -0.2) is 4.39 Å². The molecular formula is C6H11FN. The maximum Gasteiger partial charge on any atom is 0.105 e. The third-order valence-electron chi connectivity index (χ3n) is 1.66. The molecular weight excluding hydrogens is 105 g/mol. The Kier molecular flexibility index (Phi) is 1.84. The topological polar surface area (TPSA) is 3.24 Å². The summed E-state index contributed by atoms with van der Waals surface area (Å²) in [6.45, 7) is 0.752. The molecule has 0 saturated carbocycles. The Labute approximate surface area is 49.5 Å². The summed E-state index contributed by atoms with van der Waals surface area (Å²) in [4.78, 5) is 2.03. The van der Waals surface area contributed by atoms with E-state index in [4.69, 9.17) is 0 Å². The molecule has 0 aromatic heterocycles. The minimum atomic E-state index is -0.201. The molecule has 0 N–H and O–H groups in total. The second kappa shape index (κ2) is 2.44. The highest BCUT2D eigenvalue weighted by Gasteiger charge is 2.19. The number of hydrogen-bond acceptors (Lipinski definition) is 1. The first kappa shape index (κ1) is 6.02. The van der Waals surface area contributed by atoms with E-state index in [2.05, 4.69) is 6.42 Å². The summed E-state index contributed by atoms with van der Waals surface area (Å²) in [5, 5.41) is 0. The minimum Gasteiger partial charge on any atom is -0.301 e. The van der Waals surface area contributed by atoms with E-state index in [1.807, 2.05) is 11.9 Å². The van der Waals surface area contributed by atoms with Crippen molar-refractivity contribution < 1.29 is 4.39 Å². The van der Waals surface area contributed by atoms with Crippen molar-refractivity contribution in [3.8, 4) is 0 Å². The van der Waals surface area contributed by atoms with E-state index < -0.39 is 0 Å². The Bertz CT molecular complexity index is 74.9. The quantitative estimate of drug-likeness (QED) is 0.491. The zero-order chi connectivity index (χ0) is 5.98. The van der Waals surface area contributed by atoms with Gasteiger partial charge in [0.15, 0.2) is 0 Å². The summed E-state index contributed by atoms with van der Waals surface area (Å²) in [5.41, 5.74) is 0. The van der Waals surface area contributed by atoms with Gasteiger partial charge in [0.1, 0.15) is 6.67 Å². The molecule has 0 aromatic carbocycles. The second-order valence-electron chi connectivity index (χ2n) is 2.27. The molecule has 1 nitrogen and oxygen atoms in total. The summed E-state index contributed by atoms with van der Waals surface area (Å²) < 4.78 is 11.9. The van der Waals surface area contributed by atoms with Gasteiger partial charge in [-0.15, -0.1) is 0 Å². The third kappa shape index (κ3) is 0.996. The lowest BCUT2D eigenvalue weighted by atomic mass is 10.2. The number of rotatable bonds is 1. The van der Waals surface area contributed by atoms with Crippen LogP contribution in [0.5, 0.6) is 0 Å². The molecule has 0 aromatic rings. The SMILES string of the molecule is CN1C[CH]CC1CF. The molecule has 0 amide bonds. The normalized spacial score (nSPS) is 31.5. The van der Waals surface area contributed by atoms with Crippen molar-refractivity contribution >= 4 is 0 Å². The molecule has 1 rings (SSSR count). The number of hydrogen-bond donors (Lipinski definition) is 0. The molecule has 0 bridgehead atoms.